The maximum Gasteiger partial charge on any atom is 0.259 e. The summed E-state index contributed by atoms with van der Waals surface area (Å²) in [6, 6.07) is 18.6. The van der Waals surface area contributed by atoms with Crippen LogP contribution in [0.5, 0.6) is 11.5 Å². The molecule has 0 unspecified atom stereocenters. The van der Waals surface area contributed by atoms with E-state index >= 15 is 0 Å². The van der Waals surface area contributed by atoms with Crippen LogP contribution in [-0.2, 0) is 6.42 Å². The number of aryl methyl sites for hydroxylation is 2. The summed E-state index contributed by atoms with van der Waals surface area (Å²) in [5, 5.41) is 2.81. The molecule has 2 aromatic carbocycles. The van der Waals surface area contributed by atoms with Crippen molar-refractivity contribution in [1.29, 1.82) is 0 Å². The molecule has 0 aliphatic heterocycles. The van der Waals surface area contributed by atoms with Crippen LogP contribution in [0.15, 0.2) is 60.7 Å². The summed E-state index contributed by atoms with van der Waals surface area (Å²) in [6.07, 6.45) is 0.996. The average Bonchev–Trinajstić information content (AvgIpc) is 2.64. The van der Waals surface area contributed by atoms with Gasteiger partial charge >= 0.3 is 0 Å². The van der Waals surface area contributed by atoms with Crippen molar-refractivity contribution in [2.75, 3.05) is 11.1 Å². The molecule has 3 aromatic rings. The minimum absolute atomic E-state index is 0.220. The number of hydrogen-bond acceptors (Lipinski definition) is 4. The Hall–Kier alpha value is -3.34. The molecule has 0 bridgehead atoms. The number of carbonyl (C=O) groups is 1. The molecule has 132 valence electrons. The predicted octanol–water partition coefficient (Wildman–Crippen LogP) is 4.58. The maximum absolute atomic E-state index is 12.3. The number of nitrogens with one attached hydrogen (secondary N) is 1. The van der Waals surface area contributed by atoms with Crippen molar-refractivity contribution in [2.24, 2.45) is 0 Å². The number of aromatic nitrogens is 1. The van der Waals surface area contributed by atoms with Gasteiger partial charge in [-0.1, -0.05) is 19.1 Å². The van der Waals surface area contributed by atoms with Gasteiger partial charge in [-0.3, -0.25) is 4.79 Å². The Morgan fingerprint density at radius 3 is 2.19 bits per heavy atom. The predicted molar refractivity (Wildman–Crippen MR) is 104 cm³/mol. The van der Waals surface area contributed by atoms with Crippen molar-refractivity contribution in [3.05, 3.63) is 77.5 Å². The number of nitrogen functional groups attached to an aromatic ring is 1. The zero-order valence-electron chi connectivity index (χ0n) is 14.8. The van der Waals surface area contributed by atoms with Crippen LogP contribution in [-0.4, -0.2) is 10.9 Å². The number of benzene rings is 2. The minimum Gasteiger partial charge on any atom is -0.457 e. The van der Waals surface area contributed by atoms with E-state index in [-0.39, 0.29) is 11.7 Å². The maximum atomic E-state index is 12.3. The Kier molecular flexibility index (Phi) is 5.17. The summed E-state index contributed by atoms with van der Waals surface area (Å²) >= 11 is 0. The molecule has 1 heterocycles. The number of anilines is 2. The number of amides is 1. The first kappa shape index (κ1) is 17.5. The van der Waals surface area contributed by atoms with Gasteiger partial charge in [-0.2, -0.15) is 0 Å². The average molecular weight is 347 g/mol. The summed E-state index contributed by atoms with van der Waals surface area (Å²) in [5.41, 5.74) is 8.86. The lowest BCUT2D eigenvalue weighted by atomic mass is 10.2. The third kappa shape index (κ3) is 4.19. The van der Waals surface area contributed by atoms with Gasteiger partial charge in [0.1, 0.15) is 17.3 Å². The van der Waals surface area contributed by atoms with E-state index in [4.69, 9.17) is 10.5 Å². The van der Waals surface area contributed by atoms with E-state index in [0.29, 0.717) is 17.0 Å². The monoisotopic (exact) mass is 347 g/mol. The molecule has 26 heavy (non-hydrogen) atoms. The smallest absolute Gasteiger partial charge is 0.259 e. The summed E-state index contributed by atoms with van der Waals surface area (Å²) in [4.78, 5) is 16.4. The second-order valence-electron chi connectivity index (χ2n) is 5.96. The second kappa shape index (κ2) is 7.70. The Balaban J connectivity index is 1.66. The lowest BCUT2D eigenvalue weighted by Gasteiger charge is -2.09. The largest absolute Gasteiger partial charge is 0.457 e. The standard InChI is InChI=1S/C21H21N3O2/c1-3-15-5-9-17(10-6-15)26-18-11-7-16(8-12-18)24-21(25)19-13-4-14(2)23-20(19)22/h4-13H,3H2,1-2H3,(H2,22,23)(H,24,25). The van der Waals surface area contributed by atoms with E-state index < -0.39 is 0 Å². The van der Waals surface area contributed by atoms with E-state index in [0.717, 1.165) is 17.9 Å². The third-order valence-corrected chi connectivity index (χ3v) is 3.99. The Morgan fingerprint density at radius 1 is 1.00 bits per heavy atom. The van der Waals surface area contributed by atoms with Crippen LogP contribution >= 0.6 is 0 Å². The van der Waals surface area contributed by atoms with Gasteiger partial charge in [0.05, 0.1) is 5.56 Å². The number of nitrogens with two attached hydrogens (primary N) is 1. The van der Waals surface area contributed by atoms with Gasteiger partial charge in [0.2, 0.25) is 0 Å². The fourth-order valence-corrected chi connectivity index (χ4v) is 2.50. The van der Waals surface area contributed by atoms with E-state index in [1.807, 2.05) is 31.2 Å². The van der Waals surface area contributed by atoms with Crippen LogP contribution < -0.4 is 15.8 Å². The van der Waals surface area contributed by atoms with Crippen molar-refractivity contribution in [2.45, 2.75) is 20.3 Å². The molecule has 1 amide bonds. The third-order valence-electron chi connectivity index (χ3n) is 3.99. The molecule has 0 radical (unpaired) electrons. The SMILES string of the molecule is CCc1ccc(Oc2ccc(NC(=O)c3ccc(C)nc3N)cc2)cc1. The van der Waals surface area contributed by atoms with Crippen LogP contribution in [0, 0.1) is 6.92 Å². The topological polar surface area (TPSA) is 77.2 Å². The highest BCUT2D eigenvalue weighted by atomic mass is 16.5. The molecule has 0 aliphatic rings. The number of rotatable bonds is 5. The van der Waals surface area contributed by atoms with Gasteiger partial charge in [0.25, 0.3) is 5.91 Å². The molecule has 5 nitrogen and oxygen atoms in total. The lowest BCUT2D eigenvalue weighted by molar-refractivity contribution is 0.102. The normalized spacial score (nSPS) is 10.4. The molecule has 1 aromatic heterocycles. The first-order valence-corrected chi connectivity index (χ1v) is 8.46. The summed E-state index contributed by atoms with van der Waals surface area (Å²) in [7, 11) is 0. The molecular weight excluding hydrogens is 326 g/mol. The lowest BCUT2D eigenvalue weighted by Crippen LogP contribution is -2.15. The number of pyridine rings is 1. The quantitative estimate of drug-likeness (QED) is 0.708. The Morgan fingerprint density at radius 2 is 1.62 bits per heavy atom. The van der Waals surface area contributed by atoms with Gasteiger partial charge in [0, 0.05) is 11.4 Å². The fourth-order valence-electron chi connectivity index (χ4n) is 2.50. The number of nitrogens with zero attached hydrogens (tertiary/aromatic N) is 1. The molecule has 3 N–H and O–H groups in total. The highest BCUT2D eigenvalue weighted by molar-refractivity contribution is 6.07. The van der Waals surface area contributed by atoms with Crippen molar-refractivity contribution in [1.82, 2.24) is 4.98 Å². The zero-order valence-corrected chi connectivity index (χ0v) is 14.8. The number of carbonyl (C=O) groups excluding carboxylic acids is 1. The van der Waals surface area contributed by atoms with Crippen molar-refractivity contribution >= 4 is 17.4 Å². The number of hydrogen-bond donors (Lipinski definition) is 2. The fraction of sp³-hybridized carbons (Fsp3) is 0.143. The highest BCUT2D eigenvalue weighted by Gasteiger charge is 2.11. The van der Waals surface area contributed by atoms with Crippen LogP contribution in [0.4, 0.5) is 11.5 Å². The first-order chi connectivity index (χ1) is 12.5. The van der Waals surface area contributed by atoms with E-state index in [2.05, 4.69) is 17.2 Å². The van der Waals surface area contributed by atoms with Crippen molar-refractivity contribution in [3.63, 3.8) is 0 Å². The van der Waals surface area contributed by atoms with Crippen molar-refractivity contribution in [3.8, 4) is 11.5 Å². The highest BCUT2D eigenvalue weighted by Crippen LogP contribution is 2.24. The van der Waals surface area contributed by atoms with E-state index in [9.17, 15) is 4.79 Å². The molecule has 0 atom stereocenters. The molecule has 0 saturated carbocycles. The van der Waals surface area contributed by atoms with Gasteiger partial charge in [-0.05, 0) is 67.4 Å². The Bertz CT molecular complexity index is 904. The first-order valence-electron chi connectivity index (χ1n) is 8.46. The molecular formula is C21H21N3O2. The molecule has 0 saturated heterocycles. The summed E-state index contributed by atoms with van der Waals surface area (Å²) in [6.45, 7) is 3.94. The second-order valence-corrected chi connectivity index (χ2v) is 5.96. The van der Waals surface area contributed by atoms with Gasteiger partial charge in [-0.15, -0.1) is 0 Å². The molecule has 3 rings (SSSR count). The molecule has 0 spiro atoms. The van der Waals surface area contributed by atoms with Crippen LogP contribution in [0.1, 0.15) is 28.5 Å². The van der Waals surface area contributed by atoms with Crippen LogP contribution in [0.2, 0.25) is 0 Å². The van der Waals surface area contributed by atoms with Gasteiger partial charge < -0.3 is 15.8 Å². The van der Waals surface area contributed by atoms with Gasteiger partial charge in [0.15, 0.2) is 0 Å². The van der Waals surface area contributed by atoms with Gasteiger partial charge in [-0.25, -0.2) is 4.98 Å². The Labute approximate surface area is 152 Å². The summed E-state index contributed by atoms with van der Waals surface area (Å²) in [5.74, 6) is 1.40. The van der Waals surface area contributed by atoms with Crippen LogP contribution in [0.25, 0.3) is 0 Å². The minimum atomic E-state index is -0.293. The van der Waals surface area contributed by atoms with E-state index in [1.54, 1.807) is 36.4 Å². The van der Waals surface area contributed by atoms with Crippen LogP contribution in [0.3, 0.4) is 0 Å². The number of ether oxygens (including phenoxy) is 1. The summed E-state index contributed by atoms with van der Waals surface area (Å²) < 4.78 is 5.81. The molecule has 5 heteroatoms. The molecule has 0 aliphatic carbocycles. The zero-order chi connectivity index (χ0) is 18.5. The van der Waals surface area contributed by atoms with E-state index in [1.165, 1.54) is 5.56 Å². The molecule has 0 fully saturated rings. The van der Waals surface area contributed by atoms with Crippen molar-refractivity contribution < 1.29 is 9.53 Å².